The molecule has 0 aliphatic carbocycles. The number of nitrogens with one attached hydrogen (secondary N) is 1. The van der Waals surface area contributed by atoms with E-state index in [2.05, 4.69) is 12.2 Å². The van der Waals surface area contributed by atoms with Gasteiger partial charge in [0.1, 0.15) is 17.6 Å². The maximum Gasteiger partial charge on any atom is 0.256 e. The molecule has 1 N–H and O–H groups in total. The summed E-state index contributed by atoms with van der Waals surface area (Å²) in [6.45, 7) is 5.42. The van der Waals surface area contributed by atoms with Gasteiger partial charge in [0.2, 0.25) is 5.91 Å². The van der Waals surface area contributed by atoms with Crippen LogP contribution in [0.5, 0.6) is 5.75 Å². The molecule has 0 aromatic heterocycles. The second kappa shape index (κ2) is 13.2. The molecule has 8 heteroatoms. The zero-order chi connectivity index (χ0) is 25.2. The van der Waals surface area contributed by atoms with Crippen LogP contribution in [0.3, 0.4) is 0 Å². The van der Waals surface area contributed by atoms with Crippen LogP contribution in [0.15, 0.2) is 48.5 Å². The second-order valence-corrected chi connectivity index (χ2v) is 9.05. The lowest BCUT2D eigenvalue weighted by Crippen LogP contribution is -2.38. The number of nitrogens with zero attached hydrogens (tertiary/aromatic N) is 2. The third-order valence-corrected chi connectivity index (χ3v) is 6.31. The van der Waals surface area contributed by atoms with E-state index < -0.39 is 6.04 Å². The van der Waals surface area contributed by atoms with Crippen molar-refractivity contribution in [2.75, 3.05) is 23.4 Å². The molecule has 0 spiro atoms. The first-order chi connectivity index (χ1) is 16.9. The highest BCUT2D eigenvalue weighted by atomic mass is 32.1. The van der Waals surface area contributed by atoms with Gasteiger partial charge in [0.25, 0.3) is 5.91 Å². The number of carbonyl (C=O) groups excluding carboxylic acids is 2. The zero-order valence-corrected chi connectivity index (χ0v) is 21.3. The molecule has 2 amide bonds. The Balaban J connectivity index is 1.70. The fourth-order valence-electron chi connectivity index (χ4n) is 4.04. The third-order valence-electron chi connectivity index (χ3n) is 5.90. The van der Waals surface area contributed by atoms with Gasteiger partial charge in [-0.05, 0) is 73.6 Å². The number of carbonyl (C=O) groups is 2. The van der Waals surface area contributed by atoms with Gasteiger partial charge in [-0.15, -0.1) is 0 Å². The fourth-order valence-corrected chi connectivity index (χ4v) is 4.46. The number of hydrogen-bond acceptors (Lipinski definition) is 4. The van der Waals surface area contributed by atoms with E-state index >= 15 is 0 Å². The Kier molecular flexibility index (Phi) is 10.0. The quantitative estimate of drug-likeness (QED) is 0.274. The largest absolute Gasteiger partial charge is 0.494 e. The van der Waals surface area contributed by atoms with Crippen molar-refractivity contribution in [1.82, 2.24) is 4.90 Å². The van der Waals surface area contributed by atoms with Crippen molar-refractivity contribution in [3.63, 3.8) is 0 Å². The van der Waals surface area contributed by atoms with Crippen LogP contribution in [0.4, 0.5) is 15.8 Å². The normalized spacial score (nSPS) is 15.6. The number of rotatable bonds is 13. The summed E-state index contributed by atoms with van der Waals surface area (Å²) in [6.07, 6.45) is 6.23. The summed E-state index contributed by atoms with van der Waals surface area (Å²) in [4.78, 5) is 29.5. The molecule has 2 aromatic rings. The van der Waals surface area contributed by atoms with E-state index in [-0.39, 0.29) is 24.1 Å². The molecule has 1 fully saturated rings. The van der Waals surface area contributed by atoms with Crippen molar-refractivity contribution in [1.29, 1.82) is 0 Å². The Morgan fingerprint density at radius 1 is 1.00 bits per heavy atom. The number of thiocarbonyl (C=S) groups is 1. The molecular weight excluding hydrogens is 465 g/mol. The van der Waals surface area contributed by atoms with Gasteiger partial charge in [0.15, 0.2) is 5.11 Å². The van der Waals surface area contributed by atoms with E-state index in [4.69, 9.17) is 17.0 Å². The van der Waals surface area contributed by atoms with E-state index in [1.165, 1.54) is 35.6 Å². The van der Waals surface area contributed by atoms with E-state index in [0.29, 0.717) is 29.6 Å². The molecule has 1 heterocycles. The first-order valence-corrected chi connectivity index (χ1v) is 12.8. The van der Waals surface area contributed by atoms with Crippen LogP contribution in [0.2, 0.25) is 0 Å². The molecule has 6 nitrogen and oxygen atoms in total. The SMILES string of the molecule is CCCCCCCN1C(=S)N(c2ccc(F)cc2)C(=O)[C@H]1CC(=O)Nc1ccc(OCCC)cc1. The van der Waals surface area contributed by atoms with Crippen molar-refractivity contribution in [2.45, 2.75) is 64.8 Å². The van der Waals surface area contributed by atoms with E-state index in [1.54, 1.807) is 24.3 Å². The number of unbranched alkanes of at least 4 members (excludes halogenated alkanes) is 4. The molecule has 2 aromatic carbocycles. The van der Waals surface area contributed by atoms with Crippen LogP contribution < -0.4 is 15.0 Å². The van der Waals surface area contributed by atoms with Crippen LogP contribution in [0.25, 0.3) is 0 Å². The van der Waals surface area contributed by atoms with Crippen molar-refractivity contribution in [2.24, 2.45) is 0 Å². The summed E-state index contributed by atoms with van der Waals surface area (Å²) in [6, 6.07) is 12.1. The molecule has 1 aliphatic heterocycles. The second-order valence-electron chi connectivity index (χ2n) is 8.68. The standard InChI is InChI=1S/C27H34FN3O3S/c1-3-5-6-7-8-17-30-24(26(33)31(27(30)35)22-13-9-20(28)10-14-22)19-25(32)29-21-11-15-23(16-12-21)34-18-4-2/h9-16,24H,3-8,17-19H2,1-2H3,(H,29,32)/t24-/m1/s1. The molecular formula is C27H34FN3O3S. The number of amides is 2. The highest BCUT2D eigenvalue weighted by Gasteiger charge is 2.43. The van der Waals surface area contributed by atoms with Gasteiger partial charge in [-0.2, -0.15) is 0 Å². The van der Waals surface area contributed by atoms with Gasteiger partial charge in [-0.3, -0.25) is 14.5 Å². The predicted molar refractivity (Wildman–Crippen MR) is 141 cm³/mol. The van der Waals surface area contributed by atoms with Crippen molar-refractivity contribution in [3.05, 3.63) is 54.3 Å². The monoisotopic (exact) mass is 499 g/mol. The minimum absolute atomic E-state index is 0.0281. The first kappa shape index (κ1) is 26.6. The van der Waals surface area contributed by atoms with Crippen molar-refractivity contribution < 1.29 is 18.7 Å². The molecule has 3 rings (SSSR count). The molecule has 0 bridgehead atoms. The Labute approximate surface area is 212 Å². The molecule has 0 unspecified atom stereocenters. The van der Waals surface area contributed by atoms with Gasteiger partial charge >= 0.3 is 0 Å². The first-order valence-electron chi connectivity index (χ1n) is 12.4. The summed E-state index contributed by atoms with van der Waals surface area (Å²) >= 11 is 5.66. The summed E-state index contributed by atoms with van der Waals surface area (Å²) in [7, 11) is 0. The molecule has 188 valence electrons. The number of ether oxygens (including phenoxy) is 1. The lowest BCUT2D eigenvalue weighted by atomic mass is 10.1. The topological polar surface area (TPSA) is 61.9 Å². The average Bonchev–Trinajstić information content (AvgIpc) is 3.08. The van der Waals surface area contributed by atoms with Crippen LogP contribution in [-0.2, 0) is 9.59 Å². The number of benzene rings is 2. The summed E-state index contributed by atoms with van der Waals surface area (Å²) in [5.74, 6) is -0.189. The van der Waals surface area contributed by atoms with Crippen LogP contribution in [0, 0.1) is 5.82 Å². The summed E-state index contributed by atoms with van der Waals surface area (Å²) in [5.41, 5.74) is 1.14. The molecule has 0 radical (unpaired) electrons. The molecule has 35 heavy (non-hydrogen) atoms. The number of halogens is 1. The lowest BCUT2D eigenvalue weighted by molar-refractivity contribution is -0.124. The molecule has 1 atom stereocenters. The minimum atomic E-state index is -0.703. The maximum absolute atomic E-state index is 13.4. The van der Waals surface area contributed by atoms with Gasteiger partial charge < -0.3 is 15.0 Å². The summed E-state index contributed by atoms with van der Waals surface area (Å²) < 4.78 is 19.0. The van der Waals surface area contributed by atoms with E-state index in [1.807, 2.05) is 11.8 Å². The molecule has 1 aliphatic rings. The molecule has 0 saturated carbocycles. The highest BCUT2D eigenvalue weighted by molar-refractivity contribution is 7.80. The third kappa shape index (κ3) is 7.24. The Bertz CT molecular complexity index is 998. The van der Waals surface area contributed by atoms with Gasteiger partial charge in [-0.25, -0.2) is 4.39 Å². The van der Waals surface area contributed by atoms with Crippen molar-refractivity contribution in [3.8, 4) is 5.75 Å². The fraction of sp³-hybridized carbons (Fsp3) is 0.444. The predicted octanol–water partition coefficient (Wildman–Crippen LogP) is 5.92. The Hall–Kier alpha value is -3.00. The smallest absolute Gasteiger partial charge is 0.256 e. The zero-order valence-electron chi connectivity index (χ0n) is 20.5. The lowest BCUT2D eigenvalue weighted by Gasteiger charge is -2.24. The average molecular weight is 500 g/mol. The van der Waals surface area contributed by atoms with Gasteiger partial charge in [0.05, 0.1) is 18.7 Å². The molecule has 1 saturated heterocycles. The highest BCUT2D eigenvalue weighted by Crippen LogP contribution is 2.28. The van der Waals surface area contributed by atoms with Gasteiger partial charge in [0, 0.05) is 12.2 Å². The van der Waals surface area contributed by atoms with E-state index in [9.17, 15) is 14.0 Å². The summed E-state index contributed by atoms with van der Waals surface area (Å²) in [5, 5.41) is 3.22. The van der Waals surface area contributed by atoms with Crippen molar-refractivity contribution >= 4 is 40.5 Å². The van der Waals surface area contributed by atoms with Gasteiger partial charge in [-0.1, -0.05) is 39.5 Å². The minimum Gasteiger partial charge on any atom is -0.494 e. The maximum atomic E-state index is 13.4. The Morgan fingerprint density at radius 3 is 2.34 bits per heavy atom. The van der Waals surface area contributed by atoms with Crippen LogP contribution in [-0.4, -0.2) is 41.0 Å². The number of anilines is 2. The Morgan fingerprint density at radius 2 is 1.69 bits per heavy atom. The number of hydrogen-bond donors (Lipinski definition) is 1. The van der Waals surface area contributed by atoms with Crippen LogP contribution >= 0.6 is 12.2 Å². The van der Waals surface area contributed by atoms with Crippen LogP contribution in [0.1, 0.15) is 58.8 Å². The van der Waals surface area contributed by atoms with E-state index in [0.717, 1.165) is 37.9 Å².